The van der Waals surface area contributed by atoms with Crippen molar-refractivity contribution in [3.05, 3.63) is 47.7 Å². The van der Waals surface area contributed by atoms with Crippen molar-refractivity contribution in [2.45, 2.75) is 13.3 Å². The standard InChI is InChI=1S/C18H15N3O3/c1-11-6-14(8-17-18(11)24-10-23-17)21-15(9-19-20-21)13-3-2-12-4-5-22-16(12)7-13/h2-3,6-9H,4-5,10H2,1H3. The Hall–Kier alpha value is -3.02. The molecule has 0 fully saturated rings. The van der Waals surface area contributed by atoms with Crippen LogP contribution in [0.5, 0.6) is 17.2 Å². The van der Waals surface area contributed by atoms with Gasteiger partial charge in [0.05, 0.1) is 24.2 Å². The third-order valence-corrected chi connectivity index (χ3v) is 4.43. The summed E-state index contributed by atoms with van der Waals surface area (Å²) in [5.74, 6) is 2.48. The first kappa shape index (κ1) is 13.4. The van der Waals surface area contributed by atoms with E-state index in [-0.39, 0.29) is 6.79 Å². The first-order chi connectivity index (χ1) is 11.8. The lowest BCUT2D eigenvalue weighted by Crippen LogP contribution is -2.00. The molecule has 3 heterocycles. The molecule has 0 unspecified atom stereocenters. The summed E-state index contributed by atoms with van der Waals surface area (Å²) >= 11 is 0. The van der Waals surface area contributed by atoms with E-state index in [0.29, 0.717) is 0 Å². The Kier molecular flexibility index (Phi) is 2.79. The number of nitrogens with zero attached hydrogens (tertiary/aromatic N) is 3. The first-order valence-electron chi connectivity index (χ1n) is 7.87. The van der Waals surface area contributed by atoms with Crippen molar-refractivity contribution in [1.82, 2.24) is 15.0 Å². The van der Waals surface area contributed by atoms with E-state index in [0.717, 1.165) is 52.8 Å². The minimum absolute atomic E-state index is 0.256. The summed E-state index contributed by atoms with van der Waals surface area (Å²) in [6.45, 7) is 3.00. The largest absolute Gasteiger partial charge is 0.493 e. The lowest BCUT2D eigenvalue weighted by atomic mass is 10.1. The van der Waals surface area contributed by atoms with Crippen LogP contribution in [0.25, 0.3) is 16.9 Å². The van der Waals surface area contributed by atoms with E-state index in [4.69, 9.17) is 14.2 Å². The van der Waals surface area contributed by atoms with Crippen LogP contribution in [-0.4, -0.2) is 28.4 Å². The summed E-state index contributed by atoms with van der Waals surface area (Å²) in [6.07, 6.45) is 2.73. The third-order valence-electron chi connectivity index (χ3n) is 4.43. The van der Waals surface area contributed by atoms with Gasteiger partial charge in [-0.05, 0) is 30.2 Å². The monoisotopic (exact) mass is 321 g/mol. The molecule has 2 aliphatic rings. The Labute approximate surface area is 138 Å². The number of hydrogen-bond acceptors (Lipinski definition) is 5. The van der Waals surface area contributed by atoms with Crippen LogP contribution < -0.4 is 14.2 Å². The predicted molar refractivity (Wildman–Crippen MR) is 86.9 cm³/mol. The molecule has 5 rings (SSSR count). The lowest BCUT2D eigenvalue weighted by molar-refractivity contribution is 0.173. The van der Waals surface area contributed by atoms with Gasteiger partial charge in [0.15, 0.2) is 11.5 Å². The molecule has 0 saturated carbocycles. The van der Waals surface area contributed by atoms with Crippen molar-refractivity contribution in [3.8, 4) is 34.2 Å². The Morgan fingerprint density at radius 2 is 2.00 bits per heavy atom. The zero-order chi connectivity index (χ0) is 16.1. The van der Waals surface area contributed by atoms with Crippen LogP contribution in [0.3, 0.4) is 0 Å². The molecule has 0 N–H and O–H groups in total. The fourth-order valence-corrected chi connectivity index (χ4v) is 3.24. The van der Waals surface area contributed by atoms with E-state index in [9.17, 15) is 0 Å². The van der Waals surface area contributed by atoms with Crippen LogP contribution in [0.2, 0.25) is 0 Å². The van der Waals surface area contributed by atoms with Crippen LogP contribution in [-0.2, 0) is 6.42 Å². The minimum Gasteiger partial charge on any atom is -0.493 e. The van der Waals surface area contributed by atoms with Crippen molar-refractivity contribution in [1.29, 1.82) is 0 Å². The number of ether oxygens (including phenoxy) is 3. The van der Waals surface area contributed by atoms with Crippen molar-refractivity contribution in [2.24, 2.45) is 0 Å². The number of fused-ring (bicyclic) bond motifs is 2. The average molecular weight is 321 g/mol. The minimum atomic E-state index is 0.256. The topological polar surface area (TPSA) is 58.4 Å². The van der Waals surface area contributed by atoms with Crippen molar-refractivity contribution < 1.29 is 14.2 Å². The fraction of sp³-hybridized carbons (Fsp3) is 0.222. The number of hydrogen-bond donors (Lipinski definition) is 0. The second-order valence-corrected chi connectivity index (χ2v) is 5.95. The Morgan fingerprint density at radius 3 is 2.96 bits per heavy atom. The van der Waals surface area contributed by atoms with Crippen LogP contribution in [0, 0.1) is 6.92 Å². The van der Waals surface area contributed by atoms with E-state index in [1.54, 1.807) is 6.20 Å². The van der Waals surface area contributed by atoms with E-state index < -0.39 is 0 Å². The molecule has 2 aromatic carbocycles. The van der Waals surface area contributed by atoms with Gasteiger partial charge in [-0.2, -0.15) is 0 Å². The molecule has 0 saturated heterocycles. The molecule has 0 radical (unpaired) electrons. The van der Waals surface area contributed by atoms with Gasteiger partial charge >= 0.3 is 0 Å². The van der Waals surface area contributed by atoms with Gasteiger partial charge in [0, 0.05) is 18.1 Å². The van der Waals surface area contributed by atoms with E-state index in [2.05, 4.69) is 28.5 Å². The molecule has 120 valence electrons. The highest BCUT2D eigenvalue weighted by atomic mass is 16.7. The van der Waals surface area contributed by atoms with E-state index in [1.807, 2.05) is 23.7 Å². The third kappa shape index (κ3) is 1.96. The summed E-state index contributed by atoms with van der Waals surface area (Å²) in [6, 6.07) is 10.2. The molecule has 0 atom stereocenters. The highest BCUT2D eigenvalue weighted by molar-refractivity contribution is 5.65. The van der Waals surface area contributed by atoms with Gasteiger partial charge in [-0.3, -0.25) is 0 Å². The quantitative estimate of drug-likeness (QED) is 0.726. The first-order valence-corrected chi connectivity index (χ1v) is 7.87. The van der Waals surface area contributed by atoms with Gasteiger partial charge in [0.2, 0.25) is 6.79 Å². The SMILES string of the molecule is Cc1cc(-n2nncc2-c2ccc3c(c2)OCC3)cc2c1OCO2. The second-order valence-electron chi connectivity index (χ2n) is 5.95. The summed E-state index contributed by atoms with van der Waals surface area (Å²) in [5, 5.41) is 8.34. The van der Waals surface area contributed by atoms with Gasteiger partial charge in [0.1, 0.15) is 5.75 Å². The number of rotatable bonds is 2. The fourth-order valence-electron chi connectivity index (χ4n) is 3.24. The zero-order valence-corrected chi connectivity index (χ0v) is 13.2. The number of benzene rings is 2. The summed E-state index contributed by atoms with van der Waals surface area (Å²) in [5.41, 5.74) is 5.09. The number of aryl methyl sites for hydroxylation is 1. The van der Waals surface area contributed by atoms with E-state index >= 15 is 0 Å². The highest BCUT2D eigenvalue weighted by Crippen LogP contribution is 2.38. The number of aromatic nitrogens is 3. The van der Waals surface area contributed by atoms with Crippen molar-refractivity contribution in [3.63, 3.8) is 0 Å². The molecule has 0 bridgehead atoms. The normalized spacial score (nSPS) is 14.5. The highest BCUT2D eigenvalue weighted by Gasteiger charge is 2.20. The van der Waals surface area contributed by atoms with Crippen LogP contribution in [0.1, 0.15) is 11.1 Å². The molecule has 1 aromatic heterocycles. The maximum atomic E-state index is 5.68. The molecule has 2 aliphatic heterocycles. The molecule has 3 aromatic rings. The summed E-state index contributed by atoms with van der Waals surface area (Å²) in [7, 11) is 0. The molecule has 0 spiro atoms. The molecule has 6 heteroatoms. The van der Waals surface area contributed by atoms with Crippen molar-refractivity contribution >= 4 is 0 Å². The molecular formula is C18H15N3O3. The predicted octanol–water partition coefficient (Wildman–Crippen LogP) is 2.91. The van der Waals surface area contributed by atoms with E-state index in [1.165, 1.54) is 5.56 Å². The van der Waals surface area contributed by atoms with Gasteiger partial charge in [-0.25, -0.2) is 4.68 Å². The molecule has 0 aliphatic carbocycles. The van der Waals surface area contributed by atoms with Crippen LogP contribution in [0.15, 0.2) is 36.5 Å². The maximum absolute atomic E-state index is 5.68. The van der Waals surface area contributed by atoms with Gasteiger partial charge in [-0.15, -0.1) is 5.10 Å². The lowest BCUT2D eigenvalue weighted by Gasteiger charge is -2.10. The van der Waals surface area contributed by atoms with Gasteiger partial charge < -0.3 is 14.2 Å². The van der Waals surface area contributed by atoms with Crippen LogP contribution in [0.4, 0.5) is 0 Å². The Bertz CT molecular complexity index is 949. The van der Waals surface area contributed by atoms with Gasteiger partial charge in [0.25, 0.3) is 0 Å². The molecular weight excluding hydrogens is 306 g/mol. The summed E-state index contributed by atoms with van der Waals surface area (Å²) < 4.78 is 18.5. The van der Waals surface area contributed by atoms with Crippen LogP contribution >= 0.6 is 0 Å². The Balaban J connectivity index is 1.62. The smallest absolute Gasteiger partial charge is 0.231 e. The average Bonchev–Trinajstić information content (AvgIpc) is 3.33. The Morgan fingerprint density at radius 1 is 1.04 bits per heavy atom. The molecule has 6 nitrogen and oxygen atoms in total. The van der Waals surface area contributed by atoms with Gasteiger partial charge in [-0.1, -0.05) is 17.3 Å². The molecule has 0 amide bonds. The summed E-state index contributed by atoms with van der Waals surface area (Å²) in [4.78, 5) is 0. The van der Waals surface area contributed by atoms with Crippen molar-refractivity contribution in [2.75, 3.05) is 13.4 Å². The molecule has 24 heavy (non-hydrogen) atoms. The maximum Gasteiger partial charge on any atom is 0.231 e. The zero-order valence-electron chi connectivity index (χ0n) is 13.2. The second kappa shape index (κ2) is 4.99.